The predicted molar refractivity (Wildman–Crippen MR) is 193 cm³/mol. The fourth-order valence-corrected chi connectivity index (χ4v) is 4.60. The summed E-state index contributed by atoms with van der Waals surface area (Å²) in [5.74, 6) is 0. The van der Waals surface area contributed by atoms with Gasteiger partial charge >= 0.3 is 25.8 Å². The van der Waals surface area contributed by atoms with E-state index in [0.717, 1.165) is 39.3 Å². The van der Waals surface area contributed by atoms with E-state index in [4.69, 9.17) is 5.32 Å². The van der Waals surface area contributed by atoms with Crippen molar-refractivity contribution in [3.8, 4) is 11.3 Å². The smallest absolute Gasteiger partial charge is 0.685 e. The molecule has 0 spiro atoms. The van der Waals surface area contributed by atoms with Crippen LogP contribution in [0.2, 0.25) is 0 Å². The summed E-state index contributed by atoms with van der Waals surface area (Å²) in [7, 11) is 4.22. The molecule has 6 aromatic rings. The molecule has 0 aliphatic rings. The van der Waals surface area contributed by atoms with Crippen molar-refractivity contribution in [2.24, 2.45) is 0 Å². The molecule has 0 saturated heterocycles. The number of hydrogen-bond donors (Lipinski definition) is 0. The van der Waals surface area contributed by atoms with Gasteiger partial charge in [0.15, 0.2) is 0 Å². The van der Waals surface area contributed by atoms with Crippen molar-refractivity contribution in [1.82, 2.24) is 0 Å². The average Bonchev–Trinajstić information content (AvgIpc) is 3.04. The van der Waals surface area contributed by atoms with Crippen molar-refractivity contribution in [2.75, 3.05) is 0 Å². The van der Waals surface area contributed by atoms with Crippen molar-refractivity contribution in [2.45, 2.75) is 27.3 Å². The molecule has 0 saturated carbocycles. The van der Waals surface area contributed by atoms with Crippen molar-refractivity contribution in [3.05, 3.63) is 224 Å². The van der Waals surface area contributed by atoms with Crippen LogP contribution in [0.25, 0.3) is 16.6 Å². The first-order chi connectivity index (χ1) is 21.7. The second-order valence-electron chi connectivity index (χ2n) is 10.7. The molecule has 0 fully saturated rings. The van der Waals surface area contributed by atoms with Gasteiger partial charge in [-0.25, -0.2) is 0 Å². The van der Waals surface area contributed by atoms with E-state index in [1.165, 1.54) is 16.7 Å². The summed E-state index contributed by atoms with van der Waals surface area (Å²) >= 11 is 0. The van der Waals surface area contributed by atoms with Crippen LogP contribution in [0, 0.1) is 48.6 Å². The quantitative estimate of drug-likeness (QED) is 0.0966. The van der Waals surface area contributed by atoms with Gasteiger partial charge in [-0.1, -0.05) is 96.0 Å². The summed E-state index contributed by atoms with van der Waals surface area (Å²) in [6.07, 6.45) is 0. The molecular formula is C43H44HfN2. The summed E-state index contributed by atoms with van der Waals surface area (Å²) in [5.41, 5.74) is 11.4. The van der Waals surface area contributed by atoms with Crippen LogP contribution >= 0.6 is 0 Å². The molecule has 46 heavy (non-hydrogen) atoms. The van der Waals surface area contributed by atoms with E-state index >= 15 is 0 Å². The standard InChI is InChI=1S/C22H23N2.3C7H7.Hf/c1-16-13-17(2)22(18(3)14-16)23-15-20-11-8-12-21(24(20)4)19-9-6-5-7-10-19;3*1-7-5-3-2-4-6-7;/h5-14H,4,15H2,1-3H3;3*2-6H,1H2;/q4*-1;+4. The SMILES string of the molecule is [CH2-][n+]1c(C[N-]c2c(C)cc(C)cc2C)cccc1-c1ccccc1.[CH2-]c1ccccc1.[CH2-]c1ccccc1.[CH2-]c1ccccc1.[Hf+4]. The molecule has 0 aliphatic heterocycles. The van der Waals surface area contributed by atoms with Crippen molar-refractivity contribution < 1.29 is 30.4 Å². The normalized spacial score (nSPS) is 9.46. The van der Waals surface area contributed by atoms with Crippen molar-refractivity contribution >= 4 is 5.69 Å². The largest absolute Gasteiger partial charge is 4.00 e. The maximum atomic E-state index is 4.85. The Bertz CT molecular complexity index is 1570. The summed E-state index contributed by atoms with van der Waals surface area (Å²) in [6, 6.07) is 50.6. The number of aryl methyl sites for hydroxylation is 3. The van der Waals surface area contributed by atoms with E-state index in [-0.39, 0.29) is 25.8 Å². The molecule has 0 aliphatic carbocycles. The van der Waals surface area contributed by atoms with Gasteiger partial charge in [0.1, 0.15) is 5.69 Å². The third-order valence-electron chi connectivity index (χ3n) is 6.81. The minimum Gasteiger partial charge on any atom is -0.685 e. The van der Waals surface area contributed by atoms with E-state index in [9.17, 15) is 0 Å². The van der Waals surface area contributed by atoms with E-state index in [0.29, 0.717) is 6.54 Å². The van der Waals surface area contributed by atoms with Gasteiger partial charge in [-0.05, 0) is 32.4 Å². The molecule has 0 atom stereocenters. The van der Waals surface area contributed by atoms with E-state index in [1.54, 1.807) is 0 Å². The van der Waals surface area contributed by atoms with Crippen LogP contribution < -0.4 is 4.57 Å². The summed E-state index contributed by atoms with van der Waals surface area (Å²) in [6.45, 7) is 18.1. The van der Waals surface area contributed by atoms with Gasteiger partial charge in [0, 0.05) is 7.05 Å². The minimum absolute atomic E-state index is 0. The van der Waals surface area contributed by atoms with E-state index in [2.05, 4.69) is 91.1 Å². The monoisotopic (exact) mass is 768 g/mol. The molecule has 5 aromatic carbocycles. The molecule has 6 rings (SSSR count). The van der Waals surface area contributed by atoms with Gasteiger partial charge < -0.3 is 9.88 Å². The second-order valence-corrected chi connectivity index (χ2v) is 10.7. The first-order valence-corrected chi connectivity index (χ1v) is 15.0. The van der Waals surface area contributed by atoms with Crippen LogP contribution in [0.5, 0.6) is 0 Å². The fraction of sp³-hybridized carbons (Fsp3) is 0.0930. The van der Waals surface area contributed by atoms with Gasteiger partial charge in [0.2, 0.25) is 0 Å². The summed E-state index contributed by atoms with van der Waals surface area (Å²) < 4.78 is 1.98. The number of nitrogens with zero attached hydrogens (tertiary/aromatic N) is 2. The molecule has 0 bridgehead atoms. The number of aromatic nitrogens is 1. The van der Waals surface area contributed by atoms with Crippen LogP contribution in [-0.4, -0.2) is 0 Å². The molecule has 1 aromatic heterocycles. The van der Waals surface area contributed by atoms with E-state index in [1.807, 2.05) is 114 Å². The molecule has 0 radical (unpaired) electrons. The molecule has 0 unspecified atom stereocenters. The molecule has 3 heteroatoms. The Hall–Kier alpha value is -4.60. The third-order valence-corrected chi connectivity index (χ3v) is 6.81. The Balaban J connectivity index is 0.000000270. The van der Waals surface area contributed by atoms with Crippen LogP contribution in [0.4, 0.5) is 5.69 Å². The summed E-state index contributed by atoms with van der Waals surface area (Å²) in [4.78, 5) is 0. The zero-order valence-corrected chi connectivity index (χ0v) is 31.0. The van der Waals surface area contributed by atoms with Gasteiger partial charge in [-0.3, -0.25) is 0 Å². The average molecular weight is 767 g/mol. The predicted octanol–water partition coefficient (Wildman–Crippen LogP) is 11.0. The minimum atomic E-state index is 0. The molecule has 0 N–H and O–H groups in total. The van der Waals surface area contributed by atoms with Crippen molar-refractivity contribution in [3.63, 3.8) is 0 Å². The first-order valence-electron chi connectivity index (χ1n) is 15.0. The zero-order valence-electron chi connectivity index (χ0n) is 27.4. The van der Waals surface area contributed by atoms with E-state index < -0.39 is 0 Å². The molecule has 2 nitrogen and oxygen atoms in total. The maximum absolute atomic E-state index is 4.85. The Morgan fingerprint density at radius 3 is 1.28 bits per heavy atom. The Kier molecular flexibility index (Phi) is 16.7. The molecule has 0 amide bonds. The van der Waals surface area contributed by atoms with Crippen molar-refractivity contribution in [1.29, 1.82) is 0 Å². The number of hydrogen-bond acceptors (Lipinski definition) is 0. The third kappa shape index (κ3) is 13.2. The maximum Gasteiger partial charge on any atom is 4.00 e. The Labute approximate surface area is 297 Å². The van der Waals surface area contributed by atoms with Gasteiger partial charge in [0.05, 0.1) is 5.69 Å². The second kappa shape index (κ2) is 20.4. The topological polar surface area (TPSA) is 18.0 Å². The van der Waals surface area contributed by atoms with Gasteiger partial charge in [-0.2, -0.15) is 73.9 Å². The van der Waals surface area contributed by atoms with Crippen LogP contribution in [0.15, 0.2) is 152 Å². The molecule has 1 heterocycles. The first kappa shape index (κ1) is 37.6. The summed E-state index contributed by atoms with van der Waals surface area (Å²) in [5, 5.41) is 4.85. The molecular weight excluding hydrogens is 723 g/mol. The number of pyridine rings is 1. The Morgan fingerprint density at radius 2 is 0.913 bits per heavy atom. The number of benzene rings is 5. The Morgan fingerprint density at radius 1 is 0.522 bits per heavy atom. The van der Waals surface area contributed by atoms with Crippen LogP contribution in [0.1, 0.15) is 39.1 Å². The zero-order chi connectivity index (χ0) is 32.4. The van der Waals surface area contributed by atoms with Gasteiger partial charge in [0.25, 0.3) is 0 Å². The number of rotatable bonds is 4. The molecule has 230 valence electrons. The fourth-order valence-electron chi connectivity index (χ4n) is 4.60. The van der Waals surface area contributed by atoms with Crippen LogP contribution in [0.3, 0.4) is 0 Å². The van der Waals surface area contributed by atoms with Gasteiger partial charge in [-0.15, -0.1) is 42.1 Å². The van der Waals surface area contributed by atoms with Crippen LogP contribution in [-0.2, 0) is 32.4 Å².